The third-order valence-corrected chi connectivity index (χ3v) is 11.7. The van der Waals surface area contributed by atoms with Crippen molar-refractivity contribution in [1.82, 2.24) is 44.7 Å². The van der Waals surface area contributed by atoms with Crippen molar-refractivity contribution in [2.75, 3.05) is 33.0 Å². The SMILES string of the molecule is CCOc1ccc(CCNC(=O)c2c[nH]n3c(=O)cc(C4CCN(C(=O)OC(C)(C)C)CC4)nc23)cc1.Cc1nc2c(C(=O)NCc3ccc4c(c3)OCO4)c[nH]n2c(=O)c1Cc1ccccc1F. The number of ether oxygens (including phenoxy) is 4. The van der Waals surface area contributed by atoms with Crippen LogP contribution in [0.25, 0.3) is 11.3 Å². The number of halogens is 1. The highest BCUT2D eigenvalue weighted by molar-refractivity contribution is 6.00. The zero-order chi connectivity index (χ0) is 48.8. The number of fused-ring (bicyclic) bond motifs is 3. The lowest BCUT2D eigenvalue weighted by Gasteiger charge is -2.33. The average molecular weight is 944 g/mol. The van der Waals surface area contributed by atoms with Gasteiger partial charge < -0.3 is 34.5 Å². The fraction of sp³-hybridized carbons (Fsp3) is 0.340. The maximum Gasteiger partial charge on any atom is 0.410 e. The van der Waals surface area contributed by atoms with Gasteiger partial charge in [0.25, 0.3) is 22.9 Å². The van der Waals surface area contributed by atoms with E-state index in [0.29, 0.717) is 90.7 Å². The fourth-order valence-corrected chi connectivity index (χ4v) is 8.08. The van der Waals surface area contributed by atoms with E-state index in [4.69, 9.17) is 18.9 Å². The predicted molar refractivity (Wildman–Crippen MR) is 253 cm³/mol. The maximum absolute atomic E-state index is 14.1. The van der Waals surface area contributed by atoms with Gasteiger partial charge in [0.15, 0.2) is 22.8 Å². The van der Waals surface area contributed by atoms with E-state index in [9.17, 15) is 28.4 Å². The summed E-state index contributed by atoms with van der Waals surface area (Å²) in [6.45, 7) is 11.7. The smallest absolute Gasteiger partial charge is 0.410 e. The van der Waals surface area contributed by atoms with Crippen LogP contribution in [-0.4, -0.2) is 90.6 Å². The zero-order valence-corrected chi connectivity index (χ0v) is 39.0. The van der Waals surface area contributed by atoms with Crippen molar-refractivity contribution in [3.8, 4) is 17.2 Å². The summed E-state index contributed by atoms with van der Waals surface area (Å²) in [4.78, 5) is 74.6. The minimum Gasteiger partial charge on any atom is -0.494 e. The van der Waals surface area contributed by atoms with Crippen LogP contribution in [0, 0.1) is 12.7 Å². The van der Waals surface area contributed by atoms with E-state index in [2.05, 4.69) is 30.8 Å². The average Bonchev–Trinajstić information content (AvgIpc) is 4.10. The largest absolute Gasteiger partial charge is 0.494 e. The minimum atomic E-state index is -0.547. The van der Waals surface area contributed by atoms with Crippen molar-refractivity contribution < 1.29 is 37.7 Å². The van der Waals surface area contributed by atoms with Gasteiger partial charge in [-0.25, -0.2) is 28.2 Å². The molecule has 1 fully saturated rings. The van der Waals surface area contributed by atoms with E-state index in [-0.39, 0.29) is 71.7 Å². The lowest BCUT2D eigenvalue weighted by Crippen LogP contribution is -2.41. The number of nitrogens with zero attached hydrogens (tertiary/aromatic N) is 5. The topological polar surface area (TPSA) is 216 Å². The van der Waals surface area contributed by atoms with Gasteiger partial charge in [-0.05, 0) is 101 Å². The molecule has 4 aromatic heterocycles. The fourth-order valence-electron chi connectivity index (χ4n) is 8.08. The van der Waals surface area contributed by atoms with Crippen molar-refractivity contribution in [2.45, 2.75) is 78.4 Å². The van der Waals surface area contributed by atoms with Crippen LogP contribution in [0.4, 0.5) is 9.18 Å². The Morgan fingerprint density at radius 3 is 2.22 bits per heavy atom. The number of aromatic nitrogens is 6. The summed E-state index contributed by atoms with van der Waals surface area (Å²) in [7, 11) is 0. The number of nitrogens with one attached hydrogen (secondary N) is 4. The number of amides is 3. The van der Waals surface area contributed by atoms with E-state index in [0.717, 1.165) is 16.9 Å². The van der Waals surface area contributed by atoms with Crippen LogP contribution in [0.2, 0.25) is 0 Å². The Balaban J connectivity index is 0.000000188. The van der Waals surface area contributed by atoms with Crippen LogP contribution in [0.3, 0.4) is 0 Å². The first kappa shape index (κ1) is 47.5. The molecule has 2 aliphatic rings. The van der Waals surface area contributed by atoms with Gasteiger partial charge in [-0.1, -0.05) is 36.4 Å². The molecule has 9 rings (SSSR count). The zero-order valence-electron chi connectivity index (χ0n) is 39.0. The molecule has 0 saturated carbocycles. The number of likely N-dealkylation sites (tertiary alicyclic amines) is 1. The number of aryl methyl sites for hydroxylation is 1. The molecule has 0 atom stereocenters. The molecule has 3 amide bonds. The molecule has 3 aromatic carbocycles. The minimum absolute atomic E-state index is 0.0156. The standard InChI is InChI=1S/C27H35N5O5.C23H19FN4O4/c1-5-36-20-8-6-18(7-9-20)10-13-28-25(34)21-17-29-32-23(33)16-22(30-24(21)32)19-11-14-31(15-12-19)26(35)37-27(2,3)4;1-13-16(9-15-4-2-3-5-18(15)24)23(30)28-21(27-13)17(11-26-28)22(29)25-10-14-6-7-19-20(8-14)32-12-31-19/h6-9,16-17,19,29H,5,10-15H2,1-4H3,(H,28,34);2-8,11,26H,9-10,12H2,1H3,(H,25,29). The number of carbonyl (C=O) groups is 3. The van der Waals surface area contributed by atoms with Gasteiger partial charge in [-0.3, -0.25) is 29.4 Å². The number of hydrogen-bond acceptors (Lipinski definition) is 11. The molecule has 18 nitrogen and oxygen atoms in total. The number of carbonyl (C=O) groups excluding carboxylic acids is 3. The van der Waals surface area contributed by atoms with Crippen molar-refractivity contribution in [3.63, 3.8) is 0 Å². The Hall–Kier alpha value is -7.96. The highest BCUT2D eigenvalue weighted by Gasteiger charge is 2.29. The Morgan fingerprint density at radius 2 is 1.51 bits per heavy atom. The van der Waals surface area contributed by atoms with E-state index in [1.807, 2.05) is 58.0 Å². The summed E-state index contributed by atoms with van der Waals surface area (Å²) in [6.07, 6.45) is 4.71. The molecule has 0 radical (unpaired) electrons. The number of rotatable bonds is 12. The Morgan fingerprint density at radius 1 is 0.841 bits per heavy atom. The van der Waals surface area contributed by atoms with Crippen LogP contribution in [0.15, 0.2) is 94.8 Å². The van der Waals surface area contributed by atoms with Gasteiger partial charge in [-0.15, -0.1) is 0 Å². The lowest BCUT2D eigenvalue weighted by atomic mass is 9.93. The third kappa shape index (κ3) is 11.1. The number of benzene rings is 3. The summed E-state index contributed by atoms with van der Waals surface area (Å²) >= 11 is 0. The summed E-state index contributed by atoms with van der Waals surface area (Å²) < 4.78 is 38.1. The highest BCUT2D eigenvalue weighted by Crippen LogP contribution is 2.32. The molecule has 2 aliphatic heterocycles. The predicted octanol–water partition coefficient (Wildman–Crippen LogP) is 6.23. The second-order valence-electron chi connectivity index (χ2n) is 17.7. The Labute approximate surface area is 395 Å². The molecule has 4 N–H and O–H groups in total. The first-order valence-corrected chi connectivity index (χ1v) is 22.7. The van der Waals surface area contributed by atoms with Gasteiger partial charge >= 0.3 is 6.09 Å². The summed E-state index contributed by atoms with van der Waals surface area (Å²) in [5.74, 6) is 1.07. The van der Waals surface area contributed by atoms with Crippen LogP contribution in [-0.2, 0) is 24.1 Å². The second kappa shape index (κ2) is 20.5. The first-order chi connectivity index (χ1) is 33.1. The monoisotopic (exact) mass is 943 g/mol. The lowest BCUT2D eigenvalue weighted by molar-refractivity contribution is 0.0203. The molecule has 6 heterocycles. The van der Waals surface area contributed by atoms with Crippen LogP contribution in [0.5, 0.6) is 17.2 Å². The Bertz CT molecular complexity index is 3130. The molecule has 19 heteroatoms. The van der Waals surface area contributed by atoms with Gasteiger partial charge in [0, 0.05) is 68.2 Å². The number of H-pyrrole nitrogens is 2. The van der Waals surface area contributed by atoms with Gasteiger partial charge in [-0.2, -0.15) is 0 Å². The molecule has 360 valence electrons. The molecule has 7 aromatic rings. The van der Waals surface area contributed by atoms with Crippen molar-refractivity contribution in [1.29, 1.82) is 0 Å². The highest BCUT2D eigenvalue weighted by atomic mass is 19.1. The third-order valence-electron chi connectivity index (χ3n) is 11.7. The number of aromatic amines is 2. The van der Waals surface area contributed by atoms with Gasteiger partial charge in [0.05, 0.1) is 12.3 Å². The number of piperidine rings is 1. The van der Waals surface area contributed by atoms with Crippen LogP contribution >= 0.6 is 0 Å². The van der Waals surface area contributed by atoms with Crippen LogP contribution < -0.4 is 36.0 Å². The molecular weight excluding hydrogens is 890 g/mol. The van der Waals surface area contributed by atoms with E-state index < -0.39 is 5.60 Å². The van der Waals surface area contributed by atoms with E-state index in [1.165, 1.54) is 33.6 Å². The summed E-state index contributed by atoms with van der Waals surface area (Å²) in [6, 6.07) is 21.0. The second-order valence-corrected chi connectivity index (χ2v) is 17.7. The van der Waals surface area contributed by atoms with Gasteiger partial charge in [0.2, 0.25) is 6.79 Å². The van der Waals surface area contributed by atoms with Crippen molar-refractivity contribution in [3.05, 3.63) is 156 Å². The normalized spacial score (nSPS) is 13.5. The molecule has 69 heavy (non-hydrogen) atoms. The van der Waals surface area contributed by atoms with Crippen molar-refractivity contribution >= 4 is 29.2 Å². The quantitative estimate of drug-likeness (QED) is 0.108. The molecule has 0 bridgehead atoms. The van der Waals surface area contributed by atoms with Gasteiger partial charge in [0.1, 0.15) is 28.3 Å². The molecule has 1 saturated heterocycles. The summed E-state index contributed by atoms with van der Waals surface area (Å²) in [5.41, 5.74) is 3.66. The molecule has 0 unspecified atom stereocenters. The number of hydrogen-bond donors (Lipinski definition) is 4. The van der Waals surface area contributed by atoms with Crippen molar-refractivity contribution in [2.24, 2.45) is 0 Å². The van der Waals surface area contributed by atoms with Crippen LogP contribution in [0.1, 0.15) is 101 Å². The molecule has 0 spiro atoms. The molecule has 0 aliphatic carbocycles. The van der Waals surface area contributed by atoms with E-state index >= 15 is 0 Å². The first-order valence-electron chi connectivity index (χ1n) is 22.7. The summed E-state index contributed by atoms with van der Waals surface area (Å²) in [5, 5.41) is 11.4. The molecular formula is C50H54FN9O9. The maximum atomic E-state index is 14.1. The Kier molecular flexibility index (Phi) is 14.1. The van der Waals surface area contributed by atoms with E-state index in [1.54, 1.807) is 42.2 Å².